The monoisotopic (exact) mass is 462 g/mol. The minimum absolute atomic E-state index is 0.0764. The highest BCUT2D eigenvalue weighted by atomic mass is 16.5. The van der Waals surface area contributed by atoms with E-state index >= 15 is 0 Å². The van der Waals surface area contributed by atoms with Gasteiger partial charge in [0.15, 0.2) is 0 Å². The van der Waals surface area contributed by atoms with Crippen LogP contribution in [0.2, 0.25) is 0 Å². The van der Waals surface area contributed by atoms with Crippen molar-refractivity contribution in [3.8, 4) is 0 Å². The number of methoxy groups -OCH3 is 1. The van der Waals surface area contributed by atoms with Crippen molar-refractivity contribution in [3.63, 3.8) is 0 Å². The molecular weight excluding hydrogens is 412 g/mol. The molecule has 0 heterocycles. The second-order valence-electron chi connectivity index (χ2n) is 13.4. The number of ketones is 1. The predicted molar refractivity (Wildman–Crippen MR) is 132 cm³/mol. The van der Waals surface area contributed by atoms with Crippen molar-refractivity contribution in [2.75, 3.05) is 7.11 Å². The Morgan fingerprint density at radius 1 is 0.909 bits per heavy atom. The molecule has 12 atom stereocenters. The molecule has 0 aliphatic heterocycles. The van der Waals surface area contributed by atoms with E-state index in [2.05, 4.69) is 41.5 Å². The second-order valence-corrected chi connectivity index (χ2v) is 13.4. The van der Waals surface area contributed by atoms with Crippen LogP contribution in [0.4, 0.5) is 0 Å². The minimum atomic E-state index is -0.681. The van der Waals surface area contributed by atoms with Gasteiger partial charge >= 0.3 is 0 Å². The van der Waals surface area contributed by atoms with Gasteiger partial charge in [0.2, 0.25) is 0 Å². The molecule has 4 nitrogen and oxygen atoms in total. The van der Waals surface area contributed by atoms with Gasteiger partial charge in [0.1, 0.15) is 5.78 Å². The highest BCUT2D eigenvalue weighted by Gasteiger charge is 2.63. The second kappa shape index (κ2) is 9.21. The van der Waals surface area contributed by atoms with Gasteiger partial charge in [-0.25, -0.2) is 0 Å². The van der Waals surface area contributed by atoms with Crippen LogP contribution in [0, 0.1) is 58.2 Å². The Morgan fingerprint density at radius 3 is 2.18 bits per heavy atom. The number of fused-ring (bicyclic) bond motifs is 5. The zero-order valence-corrected chi connectivity index (χ0v) is 22.2. The van der Waals surface area contributed by atoms with E-state index in [9.17, 15) is 15.0 Å². The van der Waals surface area contributed by atoms with Crippen LogP contribution in [-0.2, 0) is 9.53 Å². The normalized spacial score (nSPS) is 46.8. The van der Waals surface area contributed by atoms with Crippen LogP contribution >= 0.6 is 0 Å². The number of ether oxygens (including phenoxy) is 1. The standard InChI is InChI=1S/C29H50O4/c1-16(2)17(3)26(31)27(32)18(4)21-8-9-22-20-15-25(30)24-14-19(33-7)10-12-29(24,6)23(20)11-13-28(21,22)5/h16-24,26-27,31-32H,8-15H2,1-7H3/t17-,18+,19+,20+,21-,22+,23+,24-,26+,27+,28-,29-/m1/s1. The van der Waals surface area contributed by atoms with E-state index in [1.165, 1.54) is 19.3 Å². The molecule has 0 aromatic carbocycles. The maximum Gasteiger partial charge on any atom is 0.136 e. The molecule has 4 aliphatic carbocycles. The van der Waals surface area contributed by atoms with Crippen molar-refractivity contribution in [3.05, 3.63) is 0 Å². The quantitative estimate of drug-likeness (QED) is 0.548. The molecule has 0 aromatic heterocycles. The van der Waals surface area contributed by atoms with E-state index in [0.717, 1.165) is 32.1 Å². The van der Waals surface area contributed by atoms with E-state index in [-0.39, 0.29) is 34.7 Å². The highest BCUT2D eigenvalue weighted by molar-refractivity contribution is 5.83. The summed E-state index contributed by atoms with van der Waals surface area (Å²) in [6.45, 7) is 13.3. The van der Waals surface area contributed by atoms with Gasteiger partial charge < -0.3 is 14.9 Å². The minimum Gasteiger partial charge on any atom is -0.390 e. The fourth-order valence-corrected chi connectivity index (χ4v) is 9.38. The molecule has 0 amide bonds. The Hall–Kier alpha value is -0.450. The fraction of sp³-hybridized carbons (Fsp3) is 0.966. The largest absolute Gasteiger partial charge is 0.390 e. The third-order valence-corrected chi connectivity index (χ3v) is 11.9. The average molecular weight is 463 g/mol. The van der Waals surface area contributed by atoms with Crippen molar-refractivity contribution < 1.29 is 19.7 Å². The highest BCUT2D eigenvalue weighted by Crippen LogP contribution is 2.68. The Bertz CT molecular complexity index is 720. The summed E-state index contributed by atoms with van der Waals surface area (Å²) in [7, 11) is 1.79. The van der Waals surface area contributed by atoms with E-state index in [0.29, 0.717) is 35.4 Å². The van der Waals surface area contributed by atoms with Crippen LogP contribution in [0.25, 0.3) is 0 Å². The summed E-state index contributed by atoms with van der Waals surface area (Å²) in [6, 6.07) is 0. The summed E-state index contributed by atoms with van der Waals surface area (Å²) in [5, 5.41) is 22.1. The number of aliphatic hydroxyl groups is 2. The van der Waals surface area contributed by atoms with Gasteiger partial charge in [-0.2, -0.15) is 0 Å². The van der Waals surface area contributed by atoms with E-state index in [1.54, 1.807) is 7.11 Å². The number of rotatable bonds is 6. The lowest BCUT2D eigenvalue weighted by molar-refractivity contribution is -0.163. The Labute approximate surface area is 202 Å². The number of carbonyl (C=O) groups excluding carboxylic acids is 1. The van der Waals surface area contributed by atoms with Gasteiger partial charge in [0, 0.05) is 19.4 Å². The van der Waals surface area contributed by atoms with Crippen molar-refractivity contribution in [2.24, 2.45) is 58.2 Å². The lowest BCUT2D eigenvalue weighted by Crippen LogP contribution is -2.57. The summed E-state index contributed by atoms with van der Waals surface area (Å²) in [4.78, 5) is 13.5. The first-order valence-electron chi connectivity index (χ1n) is 13.9. The van der Waals surface area contributed by atoms with Gasteiger partial charge in [-0.05, 0) is 97.2 Å². The van der Waals surface area contributed by atoms with Crippen molar-refractivity contribution in [1.82, 2.24) is 0 Å². The lowest BCUT2D eigenvalue weighted by Gasteiger charge is -2.60. The summed E-state index contributed by atoms with van der Waals surface area (Å²) < 4.78 is 5.67. The number of aliphatic hydroxyl groups excluding tert-OH is 2. The summed E-state index contributed by atoms with van der Waals surface area (Å²) in [5.41, 5.74) is 0.290. The third-order valence-electron chi connectivity index (χ3n) is 11.9. The zero-order valence-electron chi connectivity index (χ0n) is 22.2. The number of hydrogen-bond donors (Lipinski definition) is 2. The predicted octanol–water partition coefficient (Wildman–Crippen LogP) is 5.49. The maximum absolute atomic E-state index is 13.5. The Balaban J connectivity index is 1.53. The molecule has 0 unspecified atom stereocenters. The first-order chi connectivity index (χ1) is 15.5. The molecule has 0 bridgehead atoms. The SMILES string of the molecule is CO[C@H]1CC[C@@]2(C)[C@H](C1)C(=O)C[C@@H]1[C@@H]2CC[C@]2(C)[C@@H]([C@H](C)[C@H](O)[C@@H](O)[C@H](C)C(C)C)CC[C@@H]12. The van der Waals surface area contributed by atoms with Crippen molar-refractivity contribution >= 4 is 5.78 Å². The van der Waals surface area contributed by atoms with Crippen molar-refractivity contribution in [2.45, 2.75) is 111 Å². The smallest absolute Gasteiger partial charge is 0.136 e. The first kappa shape index (κ1) is 25.6. The van der Waals surface area contributed by atoms with Crippen LogP contribution in [0.1, 0.15) is 92.9 Å². The average Bonchev–Trinajstić information content (AvgIpc) is 3.14. The maximum atomic E-state index is 13.5. The molecule has 4 fully saturated rings. The van der Waals surface area contributed by atoms with Crippen LogP contribution in [-0.4, -0.2) is 41.4 Å². The summed E-state index contributed by atoms with van der Waals surface area (Å²) in [6.07, 6.45) is 7.44. The van der Waals surface area contributed by atoms with Crippen LogP contribution in [0.15, 0.2) is 0 Å². The topological polar surface area (TPSA) is 66.8 Å². The van der Waals surface area contributed by atoms with Gasteiger partial charge in [-0.1, -0.05) is 41.5 Å². The molecule has 4 rings (SSSR count). The Morgan fingerprint density at radius 2 is 1.55 bits per heavy atom. The molecule has 4 aliphatic rings. The van der Waals surface area contributed by atoms with E-state index in [4.69, 9.17) is 4.74 Å². The number of Topliss-reactive ketones (excluding diaryl/α,β-unsaturated/α-hetero) is 1. The van der Waals surface area contributed by atoms with E-state index in [1.807, 2.05) is 0 Å². The zero-order chi connectivity index (χ0) is 24.3. The molecule has 4 heteroatoms. The molecule has 190 valence electrons. The van der Waals surface area contributed by atoms with Gasteiger partial charge in [0.05, 0.1) is 18.3 Å². The molecular formula is C29H50O4. The van der Waals surface area contributed by atoms with Crippen LogP contribution < -0.4 is 0 Å². The fourth-order valence-electron chi connectivity index (χ4n) is 9.38. The first-order valence-corrected chi connectivity index (χ1v) is 13.9. The molecule has 4 saturated carbocycles. The number of carbonyl (C=O) groups is 1. The van der Waals surface area contributed by atoms with Gasteiger partial charge in [-0.15, -0.1) is 0 Å². The van der Waals surface area contributed by atoms with Crippen LogP contribution in [0.3, 0.4) is 0 Å². The lowest BCUT2D eigenvalue weighted by atomic mass is 9.44. The summed E-state index contributed by atoms with van der Waals surface area (Å²) in [5.74, 6) is 3.28. The molecule has 0 saturated heterocycles. The van der Waals surface area contributed by atoms with Gasteiger partial charge in [0.25, 0.3) is 0 Å². The Kier molecular flexibility index (Phi) is 7.15. The third kappa shape index (κ3) is 4.04. The van der Waals surface area contributed by atoms with Gasteiger partial charge in [-0.3, -0.25) is 4.79 Å². The number of hydrogen-bond acceptors (Lipinski definition) is 4. The molecule has 2 N–H and O–H groups in total. The molecule has 33 heavy (non-hydrogen) atoms. The molecule has 0 spiro atoms. The van der Waals surface area contributed by atoms with Crippen LogP contribution in [0.5, 0.6) is 0 Å². The summed E-state index contributed by atoms with van der Waals surface area (Å²) >= 11 is 0. The van der Waals surface area contributed by atoms with Crippen molar-refractivity contribution in [1.29, 1.82) is 0 Å². The molecule has 0 radical (unpaired) electrons. The molecule has 0 aromatic rings. The van der Waals surface area contributed by atoms with E-state index < -0.39 is 12.2 Å².